The average Bonchev–Trinajstić information content (AvgIpc) is 3.51. The van der Waals surface area contributed by atoms with Crippen LogP contribution in [0.4, 0.5) is 24.7 Å². The van der Waals surface area contributed by atoms with Crippen LogP contribution in [-0.2, 0) is 6.42 Å². The highest BCUT2D eigenvalue weighted by molar-refractivity contribution is 6.04. The molecule has 2 atom stereocenters. The molecule has 3 aromatic carbocycles. The van der Waals surface area contributed by atoms with Crippen LogP contribution in [0.5, 0.6) is 11.6 Å². The third kappa shape index (κ3) is 4.52. The highest BCUT2D eigenvalue weighted by atomic mass is 19.1. The third-order valence-corrected chi connectivity index (χ3v) is 9.68. The number of aromatic hydroxyl groups is 1. The minimum atomic E-state index is -0.864. The molecule has 2 fully saturated rings. The van der Waals surface area contributed by atoms with Gasteiger partial charge >= 0.3 is 0 Å². The van der Waals surface area contributed by atoms with Crippen molar-refractivity contribution in [3.63, 3.8) is 0 Å². The van der Waals surface area contributed by atoms with Crippen molar-refractivity contribution in [2.45, 2.75) is 43.8 Å². The first kappa shape index (κ1) is 28.6. The van der Waals surface area contributed by atoms with Crippen molar-refractivity contribution in [1.29, 1.82) is 0 Å². The number of aryl methyl sites for hydroxylation is 1. The van der Waals surface area contributed by atoms with Crippen LogP contribution in [0.1, 0.15) is 37.1 Å². The summed E-state index contributed by atoms with van der Waals surface area (Å²) in [5.74, 6) is 1.81. The fourth-order valence-corrected chi connectivity index (χ4v) is 7.67. The molecule has 2 aromatic heterocycles. The van der Waals surface area contributed by atoms with Gasteiger partial charge in [0.2, 0.25) is 5.88 Å². The average molecular weight is 622 g/mol. The molecule has 10 heteroatoms. The Morgan fingerprint density at radius 1 is 1.04 bits per heavy atom. The number of halogens is 3. The Kier molecular flexibility index (Phi) is 6.76. The van der Waals surface area contributed by atoms with Gasteiger partial charge in [-0.3, -0.25) is 4.90 Å². The molecule has 2 saturated heterocycles. The van der Waals surface area contributed by atoms with Gasteiger partial charge in [0.15, 0.2) is 5.82 Å². The molecule has 3 aliphatic heterocycles. The number of nitrogens with zero attached hydrogens (tertiary/aromatic N) is 5. The van der Waals surface area contributed by atoms with Gasteiger partial charge < -0.3 is 14.7 Å². The molecule has 8 rings (SSSR count). The number of benzene rings is 3. The van der Waals surface area contributed by atoms with E-state index in [2.05, 4.69) is 15.8 Å². The zero-order chi connectivity index (χ0) is 31.6. The lowest BCUT2D eigenvalue weighted by molar-refractivity contribution is 0.181. The number of terminal acetylenes is 1. The summed E-state index contributed by atoms with van der Waals surface area (Å²) >= 11 is 0. The summed E-state index contributed by atoms with van der Waals surface area (Å²) in [6, 6.07) is 15.1. The van der Waals surface area contributed by atoms with Crippen molar-refractivity contribution in [2.24, 2.45) is 0 Å². The van der Waals surface area contributed by atoms with Gasteiger partial charge in [0.25, 0.3) is 0 Å². The Hall–Kier alpha value is -4.88. The van der Waals surface area contributed by atoms with Gasteiger partial charge in [0, 0.05) is 35.1 Å². The first-order valence-electron chi connectivity index (χ1n) is 15.5. The van der Waals surface area contributed by atoms with E-state index in [-0.39, 0.29) is 51.5 Å². The van der Waals surface area contributed by atoms with E-state index in [1.165, 1.54) is 24.3 Å². The molecule has 0 amide bonds. The minimum absolute atomic E-state index is 0.00597. The molecule has 232 valence electrons. The predicted molar refractivity (Wildman–Crippen MR) is 170 cm³/mol. The molecule has 0 unspecified atom stereocenters. The number of ether oxygens (including phenoxy) is 1. The molecule has 46 heavy (non-hydrogen) atoms. The highest BCUT2D eigenvalue weighted by Crippen LogP contribution is 2.45. The van der Waals surface area contributed by atoms with Crippen LogP contribution in [0.2, 0.25) is 0 Å². The first-order chi connectivity index (χ1) is 22.3. The van der Waals surface area contributed by atoms with Crippen molar-refractivity contribution in [1.82, 2.24) is 19.9 Å². The lowest BCUT2D eigenvalue weighted by Gasteiger charge is -2.31. The number of phenols is 1. The maximum absolute atomic E-state index is 17.0. The lowest BCUT2D eigenvalue weighted by Crippen LogP contribution is -2.38. The van der Waals surface area contributed by atoms with E-state index >= 15 is 4.39 Å². The minimum Gasteiger partial charge on any atom is -0.508 e. The van der Waals surface area contributed by atoms with E-state index in [0.717, 1.165) is 25.1 Å². The second-order valence-corrected chi connectivity index (χ2v) is 12.3. The zero-order valence-electron chi connectivity index (χ0n) is 24.9. The molecule has 7 nitrogen and oxygen atoms in total. The number of pyridine rings is 1. The van der Waals surface area contributed by atoms with Crippen molar-refractivity contribution in [2.75, 3.05) is 31.1 Å². The topological polar surface area (TPSA) is 74.6 Å². The van der Waals surface area contributed by atoms with Crippen LogP contribution >= 0.6 is 0 Å². The number of fused-ring (bicyclic) bond motifs is 2. The lowest BCUT2D eigenvalue weighted by atomic mass is 9.88. The van der Waals surface area contributed by atoms with Crippen LogP contribution in [0.25, 0.3) is 32.9 Å². The summed E-state index contributed by atoms with van der Waals surface area (Å²) < 4.78 is 52.6. The summed E-state index contributed by atoms with van der Waals surface area (Å²) in [4.78, 5) is 18.6. The van der Waals surface area contributed by atoms with E-state index in [9.17, 15) is 13.9 Å². The van der Waals surface area contributed by atoms with E-state index < -0.39 is 17.8 Å². The normalized spacial score (nSPS) is 20.9. The highest BCUT2D eigenvalue weighted by Gasteiger charge is 2.48. The van der Waals surface area contributed by atoms with Crippen LogP contribution < -0.4 is 9.64 Å². The van der Waals surface area contributed by atoms with E-state index in [4.69, 9.17) is 21.1 Å². The summed E-state index contributed by atoms with van der Waals surface area (Å²) in [5, 5.41) is 11.6. The van der Waals surface area contributed by atoms with Crippen molar-refractivity contribution >= 4 is 33.2 Å². The fraction of sp³-hybridized carbons (Fsp3) is 0.306. The van der Waals surface area contributed by atoms with Crippen molar-refractivity contribution in [3.05, 3.63) is 77.6 Å². The SMILES string of the molecule is C#Cc1c(F)ccc2cc(O)cc(-c3nc4c5c(nc(CC[C@@]67CCCN6C[C@H](F)C7)nc5c3F)N(c3ccccc3)CCO4)c12. The molecular weight excluding hydrogens is 591 g/mol. The van der Waals surface area contributed by atoms with Gasteiger partial charge in [-0.2, -0.15) is 0 Å². The van der Waals surface area contributed by atoms with Crippen LogP contribution in [0.3, 0.4) is 0 Å². The Morgan fingerprint density at radius 2 is 1.89 bits per heavy atom. The van der Waals surface area contributed by atoms with Crippen molar-refractivity contribution < 1.29 is 23.0 Å². The predicted octanol–water partition coefficient (Wildman–Crippen LogP) is 6.85. The Morgan fingerprint density at radius 3 is 2.72 bits per heavy atom. The number of hydrogen-bond acceptors (Lipinski definition) is 7. The fourth-order valence-electron chi connectivity index (χ4n) is 7.67. The van der Waals surface area contributed by atoms with Gasteiger partial charge in [-0.15, -0.1) is 6.42 Å². The summed E-state index contributed by atoms with van der Waals surface area (Å²) in [5.41, 5.74) is 0.465. The van der Waals surface area contributed by atoms with Gasteiger partial charge in [-0.25, -0.2) is 28.1 Å². The van der Waals surface area contributed by atoms with Gasteiger partial charge in [0.1, 0.15) is 52.6 Å². The Balaban J connectivity index is 1.35. The van der Waals surface area contributed by atoms with E-state index in [1.54, 1.807) is 0 Å². The molecule has 5 aromatic rings. The molecular formula is C36H30F3N5O2. The summed E-state index contributed by atoms with van der Waals surface area (Å²) in [7, 11) is 0. The monoisotopic (exact) mass is 621 g/mol. The van der Waals surface area contributed by atoms with Crippen LogP contribution in [0, 0.1) is 24.0 Å². The number of hydrogen-bond donors (Lipinski definition) is 1. The van der Waals surface area contributed by atoms with Crippen LogP contribution in [-0.4, -0.2) is 62.9 Å². The van der Waals surface area contributed by atoms with Crippen LogP contribution in [0.15, 0.2) is 54.6 Å². The third-order valence-electron chi connectivity index (χ3n) is 9.68. The Labute approximate surface area is 263 Å². The van der Waals surface area contributed by atoms with E-state index in [0.29, 0.717) is 54.8 Å². The molecule has 0 saturated carbocycles. The number of anilines is 2. The maximum atomic E-state index is 17.0. The standard InChI is InChI=1S/C36H30F3N5O2/c1-2-25-27(38)10-9-21-17-24(45)18-26(29(21)25)32-31(39)33-30-34(44(15-16-46-35(30)42-32)23-7-4-3-5-8-23)41-28(40-33)11-13-36-12-6-14-43(36)20-22(37)19-36/h1,3-5,7-10,17-18,22,45H,6,11-16,19-20H2/t22-,36-/m1/s1. The van der Waals surface area contributed by atoms with Gasteiger partial charge in [-0.1, -0.05) is 30.2 Å². The largest absolute Gasteiger partial charge is 0.508 e. The Bertz CT molecular complexity index is 2070. The molecule has 1 N–H and O–H groups in total. The second kappa shape index (κ2) is 10.9. The number of phenolic OH excluding ortho intramolecular Hbond substituents is 1. The molecule has 0 aliphatic carbocycles. The maximum Gasteiger partial charge on any atom is 0.227 e. The summed E-state index contributed by atoms with van der Waals surface area (Å²) in [6.07, 6.45) is 8.31. The van der Waals surface area contributed by atoms with Gasteiger partial charge in [-0.05, 0) is 67.9 Å². The van der Waals surface area contributed by atoms with E-state index in [1.807, 2.05) is 35.2 Å². The molecule has 3 aliphatic rings. The quantitative estimate of drug-likeness (QED) is 0.215. The summed E-state index contributed by atoms with van der Waals surface area (Å²) in [6.45, 7) is 1.93. The van der Waals surface area contributed by atoms with Crippen molar-refractivity contribution in [3.8, 4) is 35.2 Å². The first-order valence-corrected chi connectivity index (χ1v) is 15.5. The number of rotatable bonds is 5. The number of aromatic nitrogens is 3. The second-order valence-electron chi connectivity index (χ2n) is 12.3. The van der Waals surface area contributed by atoms with Gasteiger partial charge in [0.05, 0.1) is 12.1 Å². The number of para-hydroxylation sites is 1. The molecule has 0 spiro atoms. The molecule has 0 radical (unpaired) electrons. The number of alkyl halides is 1. The smallest absolute Gasteiger partial charge is 0.227 e. The molecule has 5 heterocycles. The molecule has 0 bridgehead atoms. The zero-order valence-corrected chi connectivity index (χ0v) is 24.9.